The summed E-state index contributed by atoms with van der Waals surface area (Å²) in [7, 11) is 0. The fourth-order valence-corrected chi connectivity index (χ4v) is 2.19. The molecule has 0 spiro atoms. The average Bonchev–Trinajstić information content (AvgIpc) is 2.65. The van der Waals surface area contributed by atoms with Gasteiger partial charge in [0.25, 0.3) is 0 Å². The molecule has 2 nitrogen and oxygen atoms in total. The van der Waals surface area contributed by atoms with E-state index in [1.165, 1.54) is 11.1 Å². The maximum absolute atomic E-state index is 6.05. The first kappa shape index (κ1) is 10.7. The van der Waals surface area contributed by atoms with Crippen LogP contribution in [-0.2, 0) is 0 Å². The van der Waals surface area contributed by atoms with Gasteiger partial charge < -0.3 is 11.1 Å². The molecule has 1 aromatic rings. The predicted octanol–water partition coefficient (Wildman–Crippen LogP) is 1.82. The topological polar surface area (TPSA) is 38.0 Å². The lowest BCUT2D eigenvalue weighted by Crippen LogP contribution is -2.27. The maximum atomic E-state index is 6.05. The van der Waals surface area contributed by atoms with E-state index in [9.17, 15) is 0 Å². The molecule has 0 saturated carbocycles. The van der Waals surface area contributed by atoms with Crippen molar-refractivity contribution in [2.45, 2.75) is 31.7 Å². The zero-order valence-corrected chi connectivity index (χ0v) is 9.53. The molecule has 1 saturated heterocycles. The van der Waals surface area contributed by atoms with E-state index in [1.807, 2.05) is 0 Å². The van der Waals surface area contributed by atoms with Crippen LogP contribution in [0.4, 0.5) is 0 Å². The molecule has 0 aromatic heterocycles. The summed E-state index contributed by atoms with van der Waals surface area (Å²) in [6.45, 7) is 6.40. The van der Waals surface area contributed by atoms with Crippen molar-refractivity contribution < 1.29 is 0 Å². The van der Waals surface area contributed by atoms with Gasteiger partial charge in [-0.3, -0.25) is 0 Å². The van der Waals surface area contributed by atoms with Crippen molar-refractivity contribution in [3.05, 3.63) is 35.4 Å². The largest absolute Gasteiger partial charge is 0.326 e. The number of hydrogen-bond acceptors (Lipinski definition) is 2. The van der Waals surface area contributed by atoms with E-state index in [2.05, 4.69) is 43.4 Å². The van der Waals surface area contributed by atoms with Crippen molar-refractivity contribution in [3.63, 3.8) is 0 Å². The number of benzene rings is 1. The minimum atomic E-state index is 0.273. The van der Waals surface area contributed by atoms with Crippen molar-refractivity contribution >= 4 is 0 Å². The predicted molar refractivity (Wildman–Crippen MR) is 64.1 cm³/mol. The highest BCUT2D eigenvalue weighted by molar-refractivity contribution is 5.29. The zero-order valence-electron chi connectivity index (χ0n) is 9.53. The van der Waals surface area contributed by atoms with Gasteiger partial charge in [-0.15, -0.1) is 0 Å². The molecule has 0 amide bonds. The molecule has 1 heterocycles. The Morgan fingerprint density at radius 1 is 1.20 bits per heavy atom. The molecule has 1 aliphatic heterocycles. The van der Waals surface area contributed by atoms with Crippen LogP contribution in [0.1, 0.15) is 36.8 Å². The zero-order chi connectivity index (χ0) is 10.8. The summed E-state index contributed by atoms with van der Waals surface area (Å²) in [4.78, 5) is 0. The van der Waals surface area contributed by atoms with E-state index in [0.29, 0.717) is 11.8 Å². The van der Waals surface area contributed by atoms with Gasteiger partial charge in [0, 0.05) is 25.0 Å². The first-order chi connectivity index (χ1) is 7.18. The molecule has 15 heavy (non-hydrogen) atoms. The van der Waals surface area contributed by atoms with E-state index < -0.39 is 0 Å². The molecule has 2 atom stereocenters. The Morgan fingerprint density at radius 3 is 2.33 bits per heavy atom. The van der Waals surface area contributed by atoms with Crippen LogP contribution in [0.25, 0.3) is 0 Å². The van der Waals surface area contributed by atoms with Crippen LogP contribution in [0, 0.1) is 0 Å². The van der Waals surface area contributed by atoms with E-state index in [1.54, 1.807) is 0 Å². The molecule has 2 rings (SSSR count). The Kier molecular flexibility index (Phi) is 3.08. The van der Waals surface area contributed by atoms with Gasteiger partial charge in [-0.1, -0.05) is 38.1 Å². The summed E-state index contributed by atoms with van der Waals surface area (Å²) in [5.41, 5.74) is 8.82. The molecular formula is C13H20N2. The van der Waals surface area contributed by atoms with Crippen molar-refractivity contribution in [1.29, 1.82) is 0 Å². The lowest BCUT2D eigenvalue weighted by atomic mass is 9.92. The Morgan fingerprint density at radius 2 is 1.87 bits per heavy atom. The van der Waals surface area contributed by atoms with E-state index in [0.717, 1.165) is 13.1 Å². The van der Waals surface area contributed by atoms with Crippen molar-refractivity contribution in [2.75, 3.05) is 13.1 Å². The maximum Gasteiger partial charge on any atom is 0.0247 e. The third-order valence-electron chi connectivity index (χ3n) is 3.29. The highest BCUT2D eigenvalue weighted by Gasteiger charge is 2.24. The second-order valence-electron chi connectivity index (χ2n) is 4.75. The Labute approximate surface area is 91.9 Å². The quantitative estimate of drug-likeness (QED) is 0.771. The molecule has 82 valence electrons. The molecule has 1 aliphatic rings. The first-order valence-electron chi connectivity index (χ1n) is 5.74. The lowest BCUT2D eigenvalue weighted by Gasteiger charge is -2.15. The van der Waals surface area contributed by atoms with Crippen LogP contribution < -0.4 is 11.1 Å². The van der Waals surface area contributed by atoms with E-state index >= 15 is 0 Å². The molecule has 0 aliphatic carbocycles. The molecule has 0 unspecified atom stereocenters. The highest BCUT2D eigenvalue weighted by atomic mass is 15.0. The van der Waals surface area contributed by atoms with Gasteiger partial charge in [-0.25, -0.2) is 0 Å². The average molecular weight is 204 g/mol. The van der Waals surface area contributed by atoms with Crippen LogP contribution in [0.2, 0.25) is 0 Å². The van der Waals surface area contributed by atoms with Gasteiger partial charge in [0.05, 0.1) is 0 Å². The van der Waals surface area contributed by atoms with Crippen LogP contribution in [0.15, 0.2) is 24.3 Å². The van der Waals surface area contributed by atoms with Crippen LogP contribution >= 0.6 is 0 Å². The summed E-state index contributed by atoms with van der Waals surface area (Å²) < 4.78 is 0. The second kappa shape index (κ2) is 4.33. The van der Waals surface area contributed by atoms with Gasteiger partial charge in [-0.05, 0) is 17.0 Å². The van der Waals surface area contributed by atoms with Gasteiger partial charge in [0.15, 0.2) is 0 Å². The van der Waals surface area contributed by atoms with Crippen molar-refractivity contribution in [1.82, 2.24) is 5.32 Å². The fourth-order valence-electron chi connectivity index (χ4n) is 2.19. The normalized spacial score (nSPS) is 26.1. The summed E-state index contributed by atoms with van der Waals surface area (Å²) >= 11 is 0. The number of rotatable bonds is 2. The molecule has 0 bridgehead atoms. The Balaban J connectivity index is 2.16. The summed E-state index contributed by atoms with van der Waals surface area (Å²) in [6, 6.07) is 9.19. The Bertz CT molecular complexity index is 316. The minimum absolute atomic E-state index is 0.273. The SMILES string of the molecule is CC(C)c1ccc([C@@H]2CNC[C@@H]2N)cc1. The summed E-state index contributed by atoms with van der Waals surface area (Å²) in [5, 5.41) is 3.33. The van der Waals surface area contributed by atoms with Crippen LogP contribution in [0.5, 0.6) is 0 Å². The third-order valence-corrected chi connectivity index (χ3v) is 3.29. The Hall–Kier alpha value is -0.860. The van der Waals surface area contributed by atoms with Gasteiger partial charge in [0.1, 0.15) is 0 Å². The van der Waals surface area contributed by atoms with E-state index in [-0.39, 0.29) is 6.04 Å². The summed E-state index contributed by atoms with van der Waals surface area (Å²) in [6.07, 6.45) is 0. The van der Waals surface area contributed by atoms with Crippen LogP contribution in [0.3, 0.4) is 0 Å². The number of hydrogen-bond donors (Lipinski definition) is 2. The minimum Gasteiger partial charge on any atom is -0.326 e. The molecule has 1 fully saturated rings. The smallest absolute Gasteiger partial charge is 0.0247 e. The third kappa shape index (κ3) is 2.21. The van der Waals surface area contributed by atoms with Gasteiger partial charge >= 0.3 is 0 Å². The van der Waals surface area contributed by atoms with E-state index in [4.69, 9.17) is 5.73 Å². The monoisotopic (exact) mass is 204 g/mol. The van der Waals surface area contributed by atoms with Crippen molar-refractivity contribution in [2.24, 2.45) is 5.73 Å². The number of nitrogens with one attached hydrogen (secondary N) is 1. The fraction of sp³-hybridized carbons (Fsp3) is 0.538. The molecule has 2 heteroatoms. The highest BCUT2D eigenvalue weighted by Crippen LogP contribution is 2.23. The second-order valence-corrected chi connectivity index (χ2v) is 4.75. The molecular weight excluding hydrogens is 184 g/mol. The molecule has 3 N–H and O–H groups in total. The molecule has 1 aromatic carbocycles. The number of nitrogens with two attached hydrogens (primary N) is 1. The van der Waals surface area contributed by atoms with Crippen molar-refractivity contribution in [3.8, 4) is 0 Å². The summed E-state index contributed by atoms with van der Waals surface area (Å²) in [5.74, 6) is 1.10. The standard InChI is InChI=1S/C13H20N2/c1-9(2)10-3-5-11(6-4-10)12-7-15-8-13(12)14/h3-6,9,12-13,15H,7-8,14H2,1-2H3/t12-,13-/m0/s1. The van der Waals surface area contributed by atoms with Gasteiger partial charge in [-0.2, -0.15) is 0 Å². The lowest BCUT2D eigenvalue weighted by molar-refractivity contribution is 0.653. The van der Waals surface area contributed by atoms with Gasteiger partial charge in [0.2, 0.25) is 0 Å². The first-order valence-corrected chi connectivity index (χ1v) is 5.74. The molecule has 0 radical (unpaired) electrons. The van der Waals surface area contributed by atoms with Crippen LogP contribution in [-0.4, -0.2) is 19.1 Å².